The number of hydrogen-bond donors (Lipinski definition) is 2. The molecular weight excluding hydrogens is 266 g/mol. The fraction of sp³-hybridized carbons (Fsp3) is 0.938. The number of hydrogen-bond acceptors (Lipinski definition) is 4. The predicted molar refractivity (Wildman–Crippen MR) is 86.4 cm³/mol. The van der Waals surface area contributed by atoms with E-state index in [1.807, 2.05) is 13.8 Å². The second kappa shape index (κ2) is 10.1. The van der Waals surface area contributed by atoms with Crippen LogP contribution in [0.2, 0.25) is 0 Å². The van der Waals surface area contributed by atoms with E-state index >= 15 is 0 Å². The first kappa shape index (κ1) is 18.4. The van der Waals surface area contributed by atoms with Gasteiger partial charge in [-0.05, 0) is 25.9 Å². The SMILES string of the molecule is CC(C)NC1CCN(CCOCCNC(=O)C(C)C)CC1. The van der Waals surface area contributed by atoms with Gasteiger partial charge in [0.15, 0.2) is 0 Å². The van der Waals surface area contributed by atoms with E-state index in [4.69, 9.17) is 4.74 Å². The Labute approximate surface area is 129 Å². The first-order valence-corrected chi connectivity index (χ1v) is 8.33. The molecule has 1 aliphatic rings. The molecule has 21 heavy (non-hydrogen) atoms. The van der Waals surface area contributed by atoms with Crippen LogP contribution in [0.15, 0.2) is 0 Å². The molecular formula is C16H33N3O2. The Hall–Kier alpha value is -0.650. The minimum atomic E-state index is 0.0470. The summed E-state index contributed by atoms with van der Waals surface area (Å²) in [4.78, 5) is 13.8. The Morgan fingerprint density at radius 2 is 1.86 bits per heavy atom. The molecule has 0 aliphatic carbocycles. The fourth-order valence-electron chi connectivity index (χ4n) is 2.54. The zero-order valence-electron chi connectivity index (χ0n) is 14.2. The highest BCUT2D eigenvalue weighted by atomic mass is 16.5. The van der Waals surface area contributed by atoms with Crippen LogP contribution in [0.1, 0.15) is 40.5 Å². The highest BCUT2D eigenvalue weighted by Crippen LogP contribution is 2.10. The van der Waals surface area contributed by atoms with Gasteiger partial charge in [-0.3, -0.25) is 4.79 Å². The van der Waals surface area contributed by atoms with Crippen LogP contribution in [0.25, 0.3) is 0 Å². The summed E-state index contributed by atoms with van der Waals surface area (Å²) in [5, 5.41) is 6.47. The Morgan fingerprint density at radius 3 is 2.43 bits per heavy atom. The Kier molecular flexibility index (Phi) is 8.88. The van der Waals surface area contributed by atoms with E-state index in [-0.39, 0.29) is 11.8 Å². The van der Waals surface area contributed by atoms with Crippen molar-refractivity contribution in [1.29, 1.82) is 0 Å². The molecule has 0 radical (unpaired) electrons. The standard InChI is InChI=1S/C16H33N3O2/c1-13(2)16(20)17-7-11-21-12-10-19-8-5-15(6-9-19)18-14(3)4/h13-15,18H,5-12H2,1-4H3,(H,17,20). The Bertz CT molecular complexity index is 287. The van der Waals surface area contributed by atoms with E-state index in [1.165, 1.54) is 12.8 Å². The molecule has 5 nitrogen and oxygen atoms in total. The molecule has 1 rings (SSSR count). The lowest BCUT2D eigenvalue weighted by Crippen LogP contribution is -2.45. The monoisotopic (exact) mass is 299 g/mol. The van der Waals surface area contributed by atoms with E-state index in [0.717, 1.165) is 26.2 Å². The lowest BCUT2D eigenvalue weighted by molar-refractivity contribution is -0.124. The van der Waals surface area contributed by atoms with Crippen LogP contribution in [0.5, 0.6) is 0 Å². The largest absolute Gasteiger partial charge is 0.378 e. The zero-order chi connectivity index (χ0) is 15.7. The molecule has 1 amide bonds. The third-order valence-electron chi connectivity index (χ3n) is 3.78. The summed E-state index contributed by atoms with van der Waals surface area (Å²) in [6, 6.07) is 1.25. The van der Waals surface area contributed by atoms with Gasteiger partial charge in [-0.25, -0.2) is 0 Å². The molecule has 5 heteroatoms. The van der Waals surface area contributed by atoms with Crippen LogP contribution in [-0.4, -0.2) is 62.3 Å². The molecule has 124 valence electrons. The summed E-state index contributed by atoms with van der Waals surface area (Å²) in [6.07, 6.45) is 2.45. The Balaban J connectivity index is 1.96. The predicted octanol–water partition coefficient (Wildman–Crippen LogP) is 1.24. The molecule has 0 aromatic rings. The maximum Gasteiger partial charge on any atom is 0.222 e. The van der Waals surface area contributed by atoms with Crippen LogP contribution in [0.3, 0.4) is 0 Å². The smallest absolute Gasteiger partial charge is 0.222 e. The van der Waals surface area contributed by atoms with Gasteiger partial charge >= 0.3 is 0 Å². The molecule has 1 heterocycles. The number of carbonyl (C=O) groups is 1. The Morgan fingerprint density at radius 1 is 1.19 bits per heavy atom. The fourth-order valence-corrected chi connectivity index (χ4v) is 2.54. The second-order valence-corrected chi connectivity index (χ2v) is 6.50. The molecule has 0 atom stereocenters. The molecule has 0 aromatic heterocycles. The van der Waals surface area contributed by atoms with Gasteiger partial charge in [0.25, 0.3) is 0 Å². The zero-order valence-corrected chi connectivity index (χ0v) is 14.2. The minimum Gasteiger partial charge on any atom is -0.378 e. The summed E-state index contributed by atoms with van der Waals surface area (Å²) in [7, 11) is 0. The summed E-state index contributed by atoms with van der Waals surface area (Å²) in [5.41, 5.74) is 0. The van der Waals surface area contributed by atoms with Gasteiger partial charge in [0, 0.05) is 31.1 Å². The van der Waals surface area contributed by atoms with Crippen LogP contribution in [-0.2, 0) is 9.53 Å². The molecule has 0 saturated carbocycles. The molecule has 0 spiro atoms. The number of rotatable bonds is 9. The van der Waals surface area contributed by atoms with Gasteiger partial charge < -0.3 is 20.3 Å². The topological polar surface area (TPSA) is 53.6 Å². The molecule has 0 unspecified atom stereocenters. The van der Waals surface area contributed by atoms with Crippen molar-refractivity contribution in [2.75, 3.05) is 39.4 Å². The molecule has 1 saturated heterocycles. The van der Waals surface area contributed by atoms with Crippen LogP contribution in [0, 0.1) is 5.92 Å². The van der Waals surface area contributed by atoms with Crippen molar-refractivity contribution < 1.29 is 9.53 Å². The number of carbonyl (C=O) groups excluding carboxylic acids is 1. The lowest BCUT2D eigenvalue weighted by Gasteiger charge is -2.33. The van der Waals surface area contributed by atoms with Crippen LogP contribution >= 0.6 is 0 Å². The van der Waals surface area contributed by atoms with Crippen molar-refractivity contribution in [1.82, 2.24) is 15.5 Å². The maximum absolute atomic E-state index is 11.3. The summed E-state index contributed by atoms with van der Waals surface area (Å²) < 4.78 is 5.59. The summed E-state index contributed by atoms with van der Waals surface area (Å²) in [5.74, 6) is 0.143. The van der Waals surface area contributed by atoms with Crippen molar-refractivity contribution in [2.24, 2.45) is 5.92 Å². The van der Waals surface area contributed by atoms with E-state index < -0.39 is 0 Å². The number of amides is 1. The van der Waals surface area contributed by atoms with Crippen molar-refractivity contribution in [3.8, 4) is 0 Å². The molecule has 0 bridgehead atoms. The van der Waals surface area contributed by atoms with Crippen LogP contribution in [0.4, 0.5) is 0 Å². The van der Waals surface area contributed by atoms with Gasteiger partial charge in [-0.2, -0.15) is 0 Å². The van der Waals surface area contributed by atoms with Gasteiger partial charge in [0.1, 0.15) is 0 Å². The van der Waals surface area contributed by atoms with E-state index in [0.29, 0.717) is 25.2 Å². The van der Waals surface area contributed by atoms with Crippen molar-refractivity contribution in [3.05, 3.63) is 0 Å². The first-order valence-electron chi connectivity index (χ1n) is 8.33. The van der Waals surface area contributed by atoms with E-state index in [1.54, 1.807) is 0 Å². The maximum atomic E-state index is 11.3. The van der Waals surface area contributed by atoms with E-state index in [2.05, 4.69) is 29.4 Å². The summed E-state index contributed by atoms with van der Waals surface area (Å²) >= 11 is 0. The van der Waals surface area contributed by atoms with Gasteiger partial charge in [-0.15, -0.1) is 0 Å². The average molecular weight is 299 g/mol. The molecule has 1 fully saturated rings. The number of nitrogens with zero attached hydrogens (tertiary/aromatic N) is 1. The van der Waals surface area contributed by atoms with Crippen molar-refractivity contribution in [3.63, 3.8) is 0 Å². The number of likely N-dealkylation sites (tertiary alicyclic amines) is 1. The first-order chi connectivity index (χ1) is 9.99. The number of nitrogens with one attached hydrogen (secondary N) is 2. The molecule has 0 aromatic carbocycles. The third-order valence-corrected chi connectivity index (χ3v) is 3.78. The average Bonchev–Trinajstić information content (AvgIpc) is 2.43. The molecule has 2 N–H and O–H groups in total. The normalized spacial score (nSPS) is 17.6. The minimum absolute atomic E-state index is 0.0470. The van der Waals surface area contributed by atoms with Crippen molar-refractivity contribution in [2.45, 2.75) is 52.6 Å². The highest BCUT2D eigenvalue weighted by Gasteiger charge is 2.18. The quantitative estimate of drug-likeness (QED) is 0.629. The number of ether oxygens (including phenoxy) is 1. The summed E-state index contributed by atoms with van der Waals surface area (Å²) in [6.45, 7) is 13.5. The van der Waals surface area contributed by atoms with Gasteiger partial charge in [-0.1, -0.05) is 27.7 Å². The third kappa shape index (κ3) is 8.39. The van der Waals surface area contributed by atoms with Gasteiger partial charge in [0.2, 0.25) is 5.91 Å². The second-order valence-electron chi connectivity index (χ2n) is 6.50. The van der Waals surface area contributed by atoms with Gasteiger partial charge in [0.05, 0.1) is 13.2 Å². The highest BCUT2D eigenvalue weighted by molar-refractivity contribution is 5.77. The molecule has 1 aliphatic heterocycles. The number of piperidine rings is 1. The van der Waals surface area contributed by atoms with Crippen molar-refractivity contribution >= 4 is 5.91 Å². The van der Waals surface area contributed by atoms with E-state index in [9.17, 15) is 4.79 Å². The van der Waals surface area contributed by atoms with Crippen LogP contribution < -0.4 is 10.6 Å². The lowest BCUT2D eigenvalue weighted by atomic mass is 10.0.